The zero-order chi connectivity index (χ0) is 29.0. The summed E-state index contributed by atoms with van der Waals surface area (Å²) < 4.78 is 67.1. The van der Waals surface area contributed by atoms with Crippen LogP contribution in [0, 0.1) is 11.6 Å². The molecule has 6 nitrogen and oxygen atoms in total. The molecule has 11 heteroatoms. The summed E-state index contributed by atoms with van der Waals surface area (Å²) in [6.07, 6.45) is 0.0135. The van der Waals surface area contributed by atoms with Crippen molar-refractivity contribution >= 4 is 5.91 Å². The van der Waals surface area contributed by atoms with E-state index in [1.54, 1.807) is 35.0 Å². The van der Waals surface area contributed by atoms with Gasteiger partial charge in [0.2, 0.25) is 5.91 Å². The van der Waals surface area contributed by atoms with E-state index in [-0.39, 0.29) is 24.1 Å². The van der Waals surface area contributed by atoms with Crippen molar-refractivity contribution in [3.05, 3.63) is 119 Å². The Morgan fingerprint density at radius 1 is 0.829 bits per heavy atom. The molecule has 3 heterocycles. The molecular formula is C30H28F5N5O. The quantitative estimate of drug-likeness (QED) is 0.297. The van der Waals surface area contributed by atoms with Crippen molar-refractivity contribution in [2.24, 2.45) is 0 Å². The van der Waals surface area contributed by atoms with Gasteiger partial charge in [0.25, 0.3) is 0 Å². The van der Waals surface area contributed by atoms with Gasteiger partial charge in [-0.1, -0.05) is 24.3 Å². The topological polar surface area (TPSA) is 53.4 Å². The van der Waals surface area contributed by atoms with Crippen LogP contribution in [0.3, 0.4) is 0 Å². The molecule has 41 heavy (non-hydrogen) atoms. The van der Waals surface area contributed by atoms with Crippen LogP contribution in [0.1, 0.15) is 28.3 Å². The van der Waals surface area contributed by atoms with Gasteiger partial charge >= 0.3 is 6.18 Å². The zero-order valence-electron chi connectivity index (χ0n) is 22.0. The van der Waals surface area contributed by atoms with Crippen LogP contribution in [0.25, 0.3) is 5.82 Å². The van der Waals surface area contributed by atoms with E-state index in [4.69, 9.17) is 0 Å². The number of alkyl halides is 3. The number of carbonyl (C=O) groups is 1. The fourth-order valence-corrected chi connectivity index (χ4v) is 4.83. The van der Waals surface area contributed by atoms with Crippen molar-refractivity contribution in [3.8, 4) is 5.82 Å². The van der Waals surface area contributed by atoms with Crippen LogP contribution in [0.5, 0.6) is 0 Å². The number of nitrogens with zero attached hydrogens (tertiary/aromatic N) is 4. The summed E-state index contributed by atoms with van der Waals surface area (Å²) in [5.74, 6) is -0.565. The number of pyridine rings is 1. The van der Waals surface area contributed by atoms with Gasteiger partial charge in [0.15, 0.2) is 0 Å². The summed E-state index contributed by atoms with van der Waals surface area (Å²) >= 11 is 0. The van der Waals surface area contributed by atoms with Gasteiger partial charge in [-0.15, -0.1) is 0 Å². The van der Waals surface area contributed by atoms with Crippen molar-refractivity contribution < 1.29 is 26.7 Å². The third kappa shape index (κ3) is 7.36. The van der Waals surface area contributed by atoms with E-state index in [1.807, 2.05) is 12.3 Å². The van der Waals surface area contributed by atoms with Gasteiger partial charge in [-0.3, -0.25) is 14.6 Å². The fourth-order valence-electron chi connectivity index (χ4n) is 4.83. The molecule has 1 saturated heterocycles. The van der Waals surface area contributed by atoms with E-state index in [2.05, 4.69) is 20.1 Å². The van der Waals surface area contributed by atoms with Crippen LogP contribution in [-0.2, 0) is 17.5 Å². The second-order valence-corrected chi connectivity index (χ2v) is 9.99. The molecule has 1 N–H and O–H groups in total. The lowest BCUT2D eigenvalue weighted by molar-refractivity contribution is -0.137. The average Bonchev–Trinajstić information content (AvgIpc) is 3.42. The summed E-state index contributed by atoms with van der Waals surface area (Å²) in [5.41, 5.74) is 1.59. The van der Waals surface area contributed by atoms with E-state index in [1.165, 1.54) is 30.3 Å². The number of nitrogens with one attached hydrogen (secondary N) is 1. The number of rotatable bonds is 8. The number of halogens is 5. The first-order valence-corrected chi connectivity index (χ1v) is 13.1. The molecule has 0 spiro atoms. The van der Waals surface area contributed by atoms with Gasteiger partial charge in [0.1, 0.15) is 17.5 Å². The average molecular weight is 570 g/mol. The Bertz CT molecular complexity index is 1400. The van der Waals surface area contributed by atoms with Crippen LogP contribution in [0.15, 0.2) is 85.3 Å². The lowest BCUT2D eigenvalue weighted by atomic mass is 9.98. The highest BCUT2D eigenvalue weighted by Gasteiger charge is 2.30. The summed E-state index contributed by atoms with van der Waals surface area (Å²) in [5, 5.41) is 3.01. The van der Waals surface area contributed by atoms with Crippen LogP contribution >= 0.6 is 0 Å². The minimum Gasteiger partial charge on any atom is -0.344 e. The van der Waals surface area contributed by atoms with E-state index in [0.717, 1.165) is 30.9 Å². The maximum absolute atomic E-state index is 13.5. The maximum Gasteiger partial charge on any atom is 0.417 e. The van der Waals surface area contributed by atoms with E-state index < -0.39 is 17.8 Å². The Morgan fingerprint density at radius 2 is 1.41 bits per heavy atom. The van der Waals surface area contributed by atoms with E-state index >= 15 is 0 Å². The maximum atomic E-state index is 13.5. The number of hydrogen-bond donors (Lipinski definition) is 1. The molecular weight excluding hydrogens is 541 g/mol. The number of carbonyl (C=O) groups excluding carboxylic acids is 1. The highest BCUT2D eigenvalue weighted by Crippen LogP contribution is 2.29. The first-order chi connectivity index (χ1) is 19.6. The van der Waals surface area contributed by atoms with Gasteiger partial charge in [0.05, 0.1) is 18.2 Å². The van der Waals surface area contributed by atoms with Gasteiger partial charge in [-0.2, -0.15) is 13.2 Å². The zero-order valence-corrected chi connectivity index (χ0v) is 22.0. The minimum atomic E-state index is -4.43. The molecule has 0 saturated carbocycles. The predicted octanol–water partition coefficient (Wildman–Crippen LogP) is 5.19. The largest absolute Gasteiger partial charge is 0.417 e. The Morgan fingerprint density at radius 3 is 1.95 bits per heavy atom. The molecule has 0 radical (unpaired) electrons. The Hall–Kier alpha value is -4.09. The normalized spacial score (nSPS) is 14.9. The third-order valence-corrected chi connectivity index (χ3v) is 7.04. The lowest BCUT2D eigenvalue weighted by Crippen LogP contribution is -2.49. The number of hydrogen-bond acceptors (Lipinski definition) is 4. The van der Waals surface area contributed by atoms with Crippen molar-refractivity contribution in [2.75, 3.05) is 32.7 Å². The Balaban J connectivity index is 1.14. The number of aromatic nitrogens is 2. The highest BCUT2D eigenvalue weighted by atomic mass is 19.4. The van der Waals surface area contributed by atoms with Crippen LogP contribution in [0.4, 0.5) is 22.0 Å². The molecule has 4 aromatic rings. The summed E-state index contributed by atoms with van der Waals surface area (Å²) in [6, 6.07) is 15.4. The molecule has 0 bridgehead atoms. The predicted molar refractivity (Wildman–Crippen MR) is 143 cm³/mol. The van der Waals surface area contributed by atoms with Crippen molar-refractivity contribution in [1.29, 1.82) is 0 Å². The number of piperazine rings is 1. The summed E-state index contributed by atoms with van der Waals surface area (Å²) in [7, 11) is 0. The molecule has 5 rings (SSSR count). The molecule has 0 aliphatic carbocycles. The summed E-state index contributed by atoms with van der Waals surface area (Å²) in [4.78, 5) is 21.2. The van der Waals surface area contributed by atoms with Crippen molar-refractivity contribution in [2.45, 2.75) is 18.8 Å². The molecule has 0 unspecified atom stereocenters. The van der Waals surface area contributed by atoms with Gasteiger partial charge < -0.3 is 9.88 Å². The fraction of sp³-hybridized carbons (Fsp3) is 0.267. The Labute approximate surface area is 234 Å². The van der Waals surface area contributed by atoms with E-state index in [9.17, 15) is 26.7 Å². The second kappa shape index (κ2) is 12.2. The molecule has 1 fully saturated rings. The van der Waals surface area contributed by atoms with E-state index in [0.29, 0.717) is 36.6 Å². The van der Waals surface area contributed by atoms with Gasteiger partial charge in [0, 0.05) is 51.3 Å². The molecule has 0 atom stereocenters. The molecule has 1 aliphatic rings. The Kier molecular flexibility index (Phi) is 8.46. The smallest absolute Gasteiger partial charge is 0.344 e. The molecule has 214 valence electrons. The van der Waals surface area contributed by atoms with Crippen LogP contribution < -0.4 is 5.32 Å². The minimum absolute atomic E-state index is 0.183. The molecule has 2 aromatic carbocycles. The monoisotopic (exact) mass is 569 g/mol. The molecule has 1 amide bonds. The number of amides is 1. The van der Waals surface area contributed by atoms with Crippen LogP contribution in [-0.4, -0.2) is 58.0 Å². The lowest BCUT2D eigenvalue weighted by Gasteiger charge is -2.34. The van der Waals surface area contributed by atoms with Crippen molar-refractivity contribution in [1.82, 2.24) is 24.7 Å². The van der Waals surface area contributed by atoms with Crippen molar-refractivity contribution in [3.63, 3.8) is 0 Å². The highest BCUT2D eigenvalue weighted by molar-refractivity contribution is 5.79. The molecule has 1 aliphatic heterocycles. The first-order valence-electron chi connectivity index (χ1n) is 13.1. The SMILES string of the molecule is O=C(CN1CCN(Cc2ccn(-c3ccc(C(F)(F)F)cn3)c2)CC1)NC(c1ccc(F)cc1)c1ccc(F)cc1. The third-order valence-electron chi connectivity index (χ3n) is 7.04. The molecule has 2 aromatic heterocycles. The first kappa shape index (κ1) is 28.4. The summed E-state index contributed by atoms with van der Waals surface area (Å²) in [6.45, 7) is 3.65. The standard InChI is InChI=1S/C30H28F5N5O/c31-25-6-1-22(2-7-25)29(23-3-8-26(32)9-4-23)37-28(41)20-39-15-13-38(14-16-39)18-21-11-12-40(19-21)27-10-5-24(17-36-27)30(33,34)35/h1-12,17,19,29H,13-16,18,20H2,(H,37,41). The second-order valence-electron chi connectivity index (χ2n) is 9.99. The number of benzene rings is 2. The van der Waals surface area contributed by atoms with Gasteiger partial charge in [-0.25, -0.2) is 13.8 Å². The van der Waals surface area contributed by atoms with Crippen LogP contribution in [0.2, 0.25) is 0 Å². The van der Waals surface area contributed by atoms with Gasteiger partial charge in [-0.05, 0) is 59.2 Å².